The van der Waals surface area contributed by atoms with E-state index in [1.165, 1.54) is 6.07 Å². The van der Waals surface area contributed by atoms with E-state index in [2.05, 4.69) is 4.98 Å². The van der Waals surface area contributed by atoms with E-state index in [0.29, 0.717) is 18.5 Å². The summed E-state index contributed by atoms with van der Waals surface area (Å²) in [7, 11) is 0. The molecule has 1 spiro atoms. The number of fused-ring (bicyclic) bond motifs is 1. The number of rotatable bonds is 1. The number of carbonyl (C=O) groups is 1. The highest BCUT2D eigenvalue weighted by Gasteiger charge is 2.45. The van der Waals surface area contributed by atoms with E-state index < -0.39 is 5.82 Å². The lowest BCUT2D eigenvalue weighted by Gasteiger charge is -2.42. The van der Waals surface area contributed by atoms with E-state index in [4.69, 9.17) is 0 Å². The first-order valence-electron chi connectivity index (χ1n) is 8.62. The van der Waals surface area contributed by atoms with Gasteiger partial charge in [0.05, 0.1) is 6.10 Å². The monoisotopic (exact) mass is 328 g/mol. The summed E-state index contributed by atoms with van der Waals surface area (Å²) in [4.78, 5) is 18.9. The van der Waals surface area contributed by atoms with Gasteiger partial charge >= 0.3 is 0 Å². The highest BCUT2D eigenvalue weighted by molar-refractivity contribution is 5.95. The molecule has 1 saturated carbocycles. The van der Waals surface area contributed by atoms with Crippen molar-refractivity contribution in [1.29, 1.82) is 0 Å². The first kappa shape index (κ1) is 15.5. The van der Waals surface area contributed by atoms with Crippen LogP contribution in [0.5, 0.6) is 0 Å². The molecule has 2 atom stereocenters. The molecule has 1 N–H and O–H groups in total. The molecule has 1 aromatic heterocycles. The van der Waals surface area contributed by atoms with Crippen molar-refractivity contribution in [2.75, 3.05) is 13.1 Å². The Morgan fingerprint density at radius 2 is 2.08 bits per heavy atom. The molecule has 4 rings (SSSR count). The van der Waals surface area contributed by atoms with Crippen molar-refractivity contribution in [2.45, 2.75) is 38.2 Å². The maximum Gasteiger partial charge on any atom is 0.272 e. The third-order valence-corrected chi connectivity index (χ3v) is 5.64. The molecule has 1 aliphatic heterocycles. The molecule has 0 bridgehead atoms. The van der Waals surface area contributed by atoms with Gasteiger partial charge in [0.15, 0.2) is 0 Å². The maximum atomic E-state index is 13.9. The van der Waals surface area contributed by atoms with Crippen molar-refractivity contribution in [1.82, 2.24) is 9.88 Å². The minimum absolute atomic E-state index is 0.157. The number of amides is 1. The summed E-state index contributed by atoms with van der Waals surface area (Å²) >= 11 is 0. The number of carbonyl (C=O) groups excluding carboxylic acids is 1. The molecule has 1 aromatic carbocycles. The van der Waals surface area contributed by atoms with Crippen LogP contribution in [0.3, 0.4) is 0 Å². The van der Waals surface area contributed by atoms with Crippen LogP contribution >= 0.6 is 0 Å². The molecule has 4 nitrogen and oxygen atoms in total. The van der Waals surface area contributed by atoms with Gasteiger partial charge in [0.1, 0.15) is 17.0 Å². The number of likely N-dealkylation sites (tertiary alicyclic amines) is 1. The number of benzene rings is 1. The summed E-state index contributed by atoms with van der Waals surface area (Å²) in [5, 5.41) is 11.0. The minimum Gasteiger partial charge on any atom is -0.392 e. The number of para-hydroxylation sites is 1. The zero-order valence-electron chi connectivity index (χ0n) is 13.5. The van der Waals surface area contributed by atoms with Gasteiger partial charge in [-0.1, -0.05) is 24.6 Å². The van der Waals surface area contributed by atoms with Gasteiger partial charge in [-0.25, -0.2) is 9.37 Å². The van der Waals surface area contributed by atoms with Crippen molar-refractivity contribution < 1.29 is 14.3 Å². The molecular weight excluding hydrogens is 307 g/mol. The molecule has 2 aromatic rings. The van der Waals surface area contributed by atoms with Gasteiger partial charge in [-0.15, -0.1) is 0 Å². The Kier molecular flexibility index (Phi) is 3.76. The van der Waals surface area contributed by atoms with Crippen LogP contribution in [0.4, 0.5) is 4.39 Å². The van der Waals surface area contributed by atoms with Gasteiger partial charge < -0.3 is 10.0 Å². The van der Waals surface area contributed by atoms with E-state index in [1.807, 2.05) is 0 Å². The van der Waals surface area contributed by atoms with Crippen LogP contribution in [-0.2, 0) is 0 Å². The van der Waals surface area contributed by atoms with Crippen LogP contribution in [0.25, 0.3) is 10.9 Å². The minimum atomic E-state index is -0.413. The predicted molar refractivity (Wildman–Crippen MR) is 89.1 cm³/mol. The fourth-order valence-electron chi connectivity index (χ4n) is 4.32. The van der Waals surface area contributed by atoms with Crippen molar-refractivity contribution in [3.8, 4) is 0 Å². The van der Waals surface area contributed by atoms with E-state index >= 15 is 0 Å². The fourth-order valence-corrected chi connectivity index (χ4v) is 4.32. The second-order valence-corrected chi connectivity index (χ2v) is 7.11. The molecule has 0 radical (unpaired) electrons. The van der Waals surface area contributed by atoms with Gasteiger partial charge in [-0.05, 0) is 37.8 Å². The average molecular weight is 328 g/mol. The summed E-state index contributed by atoms with van der Waals surface area (Å²) in [6.07, 6.45) is 4.35. The highest BCUT2D eigenvalue weighted by atomic mass is 19.1. The zero-order valence-corrected chi connectivity index (χ0v) is 13.5. The second-order valence-electron chi connectivity index (χ2n) is 7.11. The van der Waals surface area contributed by atoms with Gasteiger partial charge in [0.2, 0.25) is 0 Å². The molecule has 126 valence electrons. The van der Waals surface area contributed by atoms with E-state index in [-0.39, 0.29) is 28.6 Å². The molecule has 1 amide bonds. The zero-order chi connectivity index (χ0) is 16.7. The van der Waals surface area contributed by atoms with Crippen molar-refractivity contribution in [3.05, 3.63) is 41.8 Å². The number of aliphatic hydroxyl groups is 1. The Morgan fingerprint density at radius 3 is 2.88 bits per heavy atom. The first-order valence-corrected chi connectivity index (χ1v) is 8.62. The van der Waals surface area contributed by atoms with E-state index in [1.54, 1.807) is 29.2 Å². The van der Waals surface area contributed by atoms with Crippen LogP contribution in [-0.4, -0.2) is 40.1 Å². The molecule has 2 fully saturated rings. The van der Waals surface area contributed by atoms with Gasteiger partial charge in [-0.3, -0.25) is 4.79 Å². The maximum absolute atomic E-state index is 13.9. The second kappa shape index (κ2) is 5.81. The molecule has 2 heterocycles. The molecular formula is C19H21FN2O2. The molecule has 1 saturated heterocycles. The standard InChI is InChI=1S/C19H21FN2O2/c20-14-5-1-4-13-7-8-15(21-17(13)14)18(24)22-11-3-10-19(12-22)9-2-6-16(19)23/h1,4-5,7-8,16,23H,2-3,6,9-12H2/t16-,19-/m1/s1. The normalized spacial score (nSPS) is 27.1. The van der Waals surface area contributed by atoms with E-state index in [0.717, 1.165) is 32.1 Å². The summed E-state index contributed by atoms with van der Waals surface area (Å²) in [6, 6.07) is 8.18. The first-order chi connectivity index (χ1) is 11.6. The Hall–Kier alpha value is -2.01. The highest BCUT2D eigenvalue weighted by Crippen LogP contribution is 2.45. The van der Waals surface area contributed by atoms with Crippen LogP contribution in [0, 0.1) is 11.2 Å². The van der Waals surface area contributed by atoms with Crippen LogP contribution in [0.2, 0.25) is 0 Å². The third-order valence-electron chi connectivity index (χ3n) is 5.64. The van der Waals surface area contributed by atoms with Crippen LogP contribution in [0.1, 0.15) is 42.6 Å². The quantitative estimate of drug-likeness (QED) is 0.875. The Morgan fingerprint density at radius 1 is 1.25 bits per heavy atom. The largest absolute Gasteiger partial charge is 0.392 e. The number of halogens is 1. The molecule has 2 aliphatic rings. The SMILES string of the molecule is O=C(c1ccc2cccc(F)c2n1)N1CCC[C@]2(CCC[C@H]2O)C1. The smallest absolute Gasteiger partial charge is 0.272 e. The molecule has 24 heavy (non-hydrogen) atoms. The third kappa shape index (κ3) is 2.47. The molecule has 1 aliphatic carbocycles. The van der Waals surface area contributed by atoms with Gasteiger partial charge in [0, 0.05) is 23.9 Å². The summed E-state index contributed by atoms with van der Waals surface area (Å²) in [6.45, 7) is 1.24. The molecule has 0 unspecified atom stereocenters. The number of aromatic nitrogens is 1. The number of piperidine rings is 1. The summed E-state index contributed by atoms with van der Waals surface area (Å²) in [5.41, 5.74) is 0.351. The Labute approximate surface area is 140 Å². The number of nitrogens with zero attached hydrogens (tertiary/aromatic N) is 2. The molecule has 5 heteroatoms. The lowest BCUT2D eigenvalue weighted by Crippen LogP contribution is -2.49. The van der Waals surface area contributed by atoms with Gasteiger partial charge in [0.25, 0.3) is 5.91 Å². The number of aliphatic hydroxyl groups excluding tert-OH is 1. The predicted octanol–water partition coefficient (Wildman–Crippen LogP) is 3.14. The van der Waals surface area contributed by atoms with Crippen molar-refractivity contribution >= 4 is 16.8 Å². The Balaban J connectivity index is 1.62. The lowest BCUT2D eigenvalue weighted by molar-refractivity contribution is -0.00554. The summed E-state index contributed by atoms with van der Waals surface area (Å²) < 4.78 is 13.9. The number of pyridine rings is 1. The summed E-state index contributed by atoms with van der Waals surface area (Å²) in [5.74, 6) is -0.582. The van der Waals surface area contributed by atoms with Crippen LogP contribution < -0.4 is 0 Å². The van der Waals surface area contributed by atoms with Crippen molar-refractivity contribution in [2.24, 2.45) is 5.41 Å². The Bertz CT molecular complexity index is 794. The number of hydrogen-bond acceptors (Lipinski definition) is 3. The average Bonchev–Trinajstić information content (AvgIpc) is 2.94. The van der Waals surface area contributed by atoms with Gasteiger partial charge in [-0.2, -0.15) is 0 Å². The number of hydrogen-bond donors (Lipinski definition) is 1. The lowest BCUT2D eigenvalue weighted by atomic mass is 9.76. The fraction of sp³-hybridized carbons (Fsp3) is 0.474. The van der Waals surface area contributed by atoms with Crippen LogP contribution in [0.15, 0.2) is 30.3 Å². The van der Waals surface area contributed by atoms with E-state index in [9.17, 15) is 14.3 Å². The van der Waals surface area contributed by atoms with Crippen molar-refractivity contribution in [3.63, 3.8) is 0 Å². The topological polar surface area (TPSA) is 53.4 Å².